The quantitative estimate of drug-likeness (QED) is 0.671. The molecule has 28 heavy (non-hydrogen) atoms. The molecule has 1 aliphatic rings. The molecule has 4 rings (SSSR count). The summed E-state index contributed by atoms with van der Waals surface area (Å²) >= 11 is 0. The molecule has 1 fully saturated rings. The van der Waals surface area contributed by atoms with Crippen molar-refractivity contribution in [1.82, 2.24) is 10.2 Å². The smallest absolute Gasteiger partial charge is 0.258 e. The second-order valence-corrected chi connectivity index (χ2v) is 7.23. The number of nitrogens with one attached hydrogen (secondary N) is 1. The minimum Gasteiger partial charge on any atom is -0.484 e. The molecule has 1 amide bonds. The summed E-state index contributed by atoms with van der Waals surface area (Å²) in [5.41, 5.74) is 0. The van der Waals surface area contributed by atoms with Crippen LogP contribution in [0, 0.1) is 0 Å². The first-order chi connectivity index (χ1) is 13.8. The van der Waals surface area contributed by atoms with Crippen molar-refractivity contribution in [2.24, 2.45) is 0 Å². The molecule has 1 saturated heterocycles. The Bertz CT molecular complexity index is 901. The largest absolute Gasteiger partial charge is 0.484 e. The van der Waals surface area contributed by atoms with Crippen LogP contribution in [-0.2, 0) is 4.79 Å². The van der Waals surface area contributed by atoms with Gasteiger partial charge in [-0.15, -0.1) is 0 Å². The zero-order valence-corrected chi connectivity index (χ0v) is 16.0. The topological polar surface area (TPSA) is 54.7 Å². The van der Waals surface area contributed by atoms with E-state index in [4.69, 9.17) is 9.15 Å². The van der Waals surface area contributed by atoms with E-state index < -0.39 is 0 Å². The molecule has 1 aliphatic heterocycles. The number of carbonyl (C=O) groups is 1. The molecule has 2 aromatic carbocycles. The Morgan fingerprint density at radius 1 is 1.04 bits per heavy atom. The summed E-state index contributed by atoms with van der Waals surface area (Å²) in [7, 11) is 0. The predicted molar refractivity (Wildman–Crippen MR) is 109 cm³/mol. The highest BCUT2D eigenvalue weighted by atomic mass is 16.5. The van der Waals surface area contributed by atoms with Gasteiger partial charge in [0.2, 0.25) is 0 Å². The molecule has 2 heterocycles. The summed E-state index contributed by atoms with van der Waals surface area (Å²) < 4.78 is 11.3. The molecule has 0 radical (unpaired) electrons. The molecule has 146 valence electrons. The highest BCUT2D eigenvalue weighted by Gasteiger charge is 2.24. The van der Waals surface area contributed by atoms with Gasteiger partial charge in [0.05, 0.1) is 12.3 Å². The maximum absolute atomic E-state index is 12.4. The fourth-order valence-corrected chi connectivity index (χ4v) is 3.79. The highest BCUT2D eigenvalue weighted by molar-refractivity contribution is 5.84. The number of amides is 1. The van der Waals surface area contributed by atoms with E-state index in [2.05, 4.69) is 16.3 Å². The lowest BCUT2D eigenvalue weighted by molar-refractivity contribution is -0.123. The van der Waals surface area contributed by atoms with Crippen molar-refractivity contribution in [3.8, 4) is 5.75 Å². The maximum atomic E-state index is 12.4. The molecular weight excluding hydrogens is 352 g/mol. The van der Waals surface area contributed by atoms with E-state index in [0.29, 0.717) is 12.3 Å². The molecular formula is C23H26N2O3. The number of hydrogen-bond acceptors (Lipinski definition) is 4. The van der Waals surface area contributed by atoms with Crippen LogP contribution < -0.4 is 10.1 Å². The Balaban J connectivity index is 1.32. The van der Waals surface area contributed by atoms with Crippen molar-refractivity contribution in [2.45, 2.75) is 25.3 Å². The first kappa shape index (κ1) is 18.6. The van der Waals surface area contributed by atoms with Crippen molar-refractivity contribution in [1.29, 1.82) is 0 Å². The first-order valence-electron chi connectivity index (χ1n) is 9.95. The summed E-state index contributed by atoms with van der Waals surface area (Å²) in [6.45, 7) is 2.60. The zero-order chi connectivity index (χ0) is 19.2. The Kier molecular flexibility index (Phi) is 5.92. The van der Waals surface area contributed by atoms with E-state index in [9.17, 15) is 4.79 Å². The Morgan fingerprint density at radius 2 is 1.86 bits per heavy atom. The third kappa shape index (κ3) is 4.54. The number of fused-ring (bicyclic) bond motifs is 1. The van der Waals surface area contributed by atoms with Crippen LogP contribution >= 0.6 is 0 Å². The molecule has 1 atom stereocenters. The van der Waals surface area contributed by atoms with Crippen LogP contribution in [0.4, 0.5) is 0 Å². The van der Waals surface area contributed by atoms with Gasteiger partial charge in [0.25, 0.3) is 5.91 Å². The lowest BCUT2D eigenvalue weighted by Gasteiger charge is -2.33. The van der Waals surface area contributed by atoms with Gasteiger partial charge in [0, 0.05) is 6.54 Å². The van der Waals surface area contributed by atoms with Crippen molar-refractivity contribution in [3.05, 3.63) is 66.6 Å². The molecule has 1 N–H and O–H groups in total. The van der Waals surface area contributed by atoms with Crippen LogP contribution in [0.1, 0.15) is 31.1 Å². The average molecular weight is 378 g/mol. The lowest BCUT2D eigenvalue weighted by Crippen LogP contribution is -2.41. The number of likely N-dealkylation sites (tertiary alicyclic amines) is 1. The van der Waals surface area contributed by atoms with Crippen molar-refractivity contribution >= 4 is 16.7 Å². The Morgan fingerprint density at radius 3 is 2.64 bits per heavy atom. The van der Waals surface area contributed by atoms with Gasteiger partial charge < -0.3 is 14.5 Å². The fourth-order valence-electron chi connectivity index (χ4n) is 3.79. The van der Waals surface area contributed by atoms with Crippen molar-refractivity contribution in [3.63, 3.8) is 0 Å². The van der Waals surface area contributed by atoms with Crippen LogP contribution in [0.3, 0.4) is 0 Å². The number of furan rings is 1. The minimum atomic E-state index is -0.123. The number of rotatable bonds is 7. The molecule has 5 nitrogen and oxygen atoms in total. The van der Waals surface area contributed by atoms with Gasteiger partial charge in [0.15, 0.2) is 6.61 Å². The molecule has 0 bridgehead atoms. The third-order valence-corrected chi connectivity index (χ3v) is 5.29. The second-order valence-electron chi connectivity index (χ2n) is 7.23. The van der Waals surface area contributed by atoms with Gasteiger partial charge in [-0.2, -0.15) is 0 Å². The Hall–Kier alpha value is -2.79. The van der Waals surface area contributed by atoms with E-state index in [1.165, 1.54) is 19.3 Å². The lowest BCUT2D eigenvalue weighted by atomic mass is 10.1. The predicted octanol–water partition coefficient (Wildman–Crippen LogP) is 4.16. The molecule has 1 unspecified atom stereocenters. The van der Waals surface area contributed by atoms with Gasteiger partial charge in [-0.05, 0) is 61.0 Å². The fraction of sp³-hybridized carbons (Fsp3) is 0.348. The number of hydrogen-bond donors (Lipinski definition) is 1. The number of piperidine rings is 1. The highest BCUT2D eigenvalue weighted by Crippen LogP contribution is 2.24. The molecule has 0 aliphatic carbocycles. The maximum Gasteiger partial charge on any atom is 0.258 e. The number of carbonyl (C=O) groups excluding carboxylic acids is 1. The SMILES string of the molecule is O=C(COc1ccc2ccccc2c1)NCC(c1ccco1)N1CCCCC1. The van der Waals surface area contributed by atoms with E-state index in [0.717, 1.165) is 29.6 Å². The standard InChI is InChI=1S/C23H26N2O3/c26-23(17-28-20-11-10-18-7-2-3-8-19(18)15-20)24-16-21(22-9-6-14-27-22)25-12-4-1-5-13-25/h2-3,6-11,14-15,21H,1,4-5,12-13,16-17H2,(H,24,26). The molecule has 0 saturated carbocycles. The van der Waals surface area contributed by atoms with Gasteiger partial charge >= 0.3 is 0 Å². The van der Waals surface area contributed by atoms with E-state index in [1.54, 1.807) is 6.26 Å². The summed E-state index contributed by atoms with van der Waals surface area (Å²) in [6.07, 6.45) is 5.34. The van der Waals surface area contributed by atoms with Gasteiger partial charge in [-0.3, -0.25) is 9.69 Å². The third-order valence-electron chi connectivity index (χ3n) is 5.29. The van der Waals surface area contributed by atoms with E-state index in [-0.39, 0.29) is 18.6 Å². The molecule has 5 heteroatoms. The minimum absolute atomic E-state index is 0.00319. The number of nitrogens with zero attached hydrogens (tertiary/aromatic N) is 1. The van der Waals surface area contributed by atoms with Crippen molar-refractivity contribution < 1.29 is 13.9 Å². The number of benzene rings is 2. The summed E-state index contributed by atoms with van der Waals surface area (Å²) in [5, 5.41) is 5.27. The molecule has 1 aromatic heterocycles. The summed E-state index contributed by atoms with van der Waals surface area (Å²) in [6, 6.07) is 17.9. The van der Waals surface area contributed by atoms with Crippen LogP contribution in [0.2, 0.25) is 0 Å². The van der Waals surface area contributed by atoms with Crippen LogP contribution in [-0.4, -0.2) is 37.0 Å². The summed E-state index contributed by atoms with van der Waals surface area (Å²) in [5.74, 6) is 1.48. The van der Waals surface area contributed by atoms with E-state index >= 15 is 0 Å². The molecule has 3 aromatic rings. The van der Waals surface area contributed by atoms with Crippen LogP contribution in [0.15, 0.2) is 65.3 Å². The van der Waals surface area contributed by atoms with E-state index in [1.807, 2.05) is 48.5 Å². The average Bonchev–Trinajstić information content (AvgIpc) is 3.27. The monoisotopic (exact) mass is 378 g/mol. The first-order valence-corrected chi connectivity index (χ1v) is 9.95. The normalized spacial score (nSPS) is 16.0. The number of ether oxygens (including phenoxy) is 1. The molecule has 0 spiro atoms. The van der Waals surface area contributed by atoms with Gasteiger partial charge in [0.1, 0.15) is 11.5 Å². The van der Waals surface area contributed by atoms with Crippen LogP contribution in [0.25, 0.3) is 10.8 Å². The summed E-state index contributed by atoms with van der Waals surface area (Å²) in [4.78, 5) is 14.7. The second kappa shape index (κ2) is 8.93. The Labute approximate surface area is 165 Å². The van der Waals surface area contributed by atoms with Crippen LogP contribution in [0.5, 0.6) is 5.75 Å². The van der Waals surface area contributed by atoms with Crippen molar-refractivity contribution in [2.75, 3.05) is 26.2 Å². The van der Waals surface area contributed by atoms with Gasteiger partial charge in [-0.1, -0.05) is 36.8 Å². The zero-order valence-electron chi connectivity index (χ0n) is 16.0. The van der Waals surface area contributed by atoms with Gasteiger partial charge in [-0.25, -0.2) is 0 Å².